The summed E-state index contributed by atoms with van der Waals surface area (Å²) in [4.78, 5) is 27.6. The van der Waals surface area contributed by atoms with Crippen LogP contribution in [0.3, 0.4) is 0 Å². The Morgan fingerprint density at radius 1 is 1.00 bits per heavy atom. The lowest BCUT2D eigenvalue weighted by Crippen LogP contribution is -3.00. The number of nitrogens with one attached hydrogen (secondary N) is 1. The lowest BCUT2D eigenvalue weighted by molar-refractivity contribution is -0.554. The fourth-order valence-electron chi connectivity index (χ4n) is 5.94. The van der Waals surface area contributed by atoms with E-state index < -0.39 is 0 Å². The molecule has 1 saturated carbocycles. The van der Waals surface area contributed by atoms with Crippen molar-refractivity contribution in [3.8, 4) is 17.2 Å². The minimum absolute atomic E-state index is 0. The minimum atomic E-state index is -0.369. The van der Waals surface area contributed by atoms with Crippen molar-refractivity contribution in [1.29, 1.82) is 0 Å². The molecule has 11 heteroatoms. The molecule has 0 spiro atoms. The van der Waals surface area contributed by atoms with Gasteiger partial charge in [-0.3, -0.25) is 10.3 Å². The average molecular weight is 539 g/mol. The average Bonchev–Trinajstić information content (AvgIpc) is 3.20. The van der Waals surface area contributed by atoms with Crippen molar-refractivity contribution >= 4 is 5.96 Å². The Morgan fingerprint density at radius 2 is 1.74 bits per heavy atom. The van der Waals surface area contributed by atoms with Gasteiger partial charge < -0.3 is 21.9 Å². The van der Waals surface area contributed by atoms with Crippen LogP contribution in [0.5, 0.6) is 11.5 Å². The summed E-state index contributed by atoms with van der Waals surface area (Å²) in [7, 11) is 3.24. The van der Waals surface area contributed by atoms with Crippen LogP contribution in [0.25, 0.3) is 5.69 Å². The Morgan fingerprint density at radius 3 is 2.45 bits per heavy atom. The van der Waals surface area contributed by atoms with Gasteiger partial charge in [-0.1, -0.05) is 24.6 Å². The number of guanidine groups is 1. The maximum Gasteiger partial charge on any atom is 0.352 e. The van der Waals surface area contributed by atoms with E-state index in [1.54, 1.807) is 35.7 Å². The maximum absolute atomic E-state index is 13.8. The normalized spacial score (nSPS) is 20.1. The fraction of sp³-hybridized carbons (Fsp3) is 0.370. The fourth-order valence-corrected chi connectivity index (χ4v) is 5.94. The van der Waals surface area contributed by atoms with Gasteiger partial charge in [0.1, 0.15) is 23.2 Å². The van der Waals surface area contributed by atoms with E-state index in [9.17, 15) is 9.59 Å². The largest absolute Gasteiger partial charge is 1.00 e. The zero-order chi connectivity index (χ0) is 25.7. The Balaban J connectivity index is 0.00000294. The Bertz CT molecular complexity index is 1550. The molecule has 3 aliphatic rings. The molecule has 1 fully saturated rings. The van der Waals surface area contributed by atoms with Crippen molar-refractivity contribution in [3.63, 3.8) is 0 Å². The number of methoxy groups -OCH3 is 2. The Kier molecular flexibility index (Phi) is 6.83. The van der Waals surface area contributed by atoms with E-state index in [1.165, 1.54) is 10.1 Å². The van der Waals surface area contributed by atoms with Crippen molar-refractivity contribution in [2.24, 2.45) is 5.73 Å². The smallest absolute Gasteiger partial charge is 0.352 e. The number of allylic oxidation sites excluding steroid dienone is 1. The first kappa shape index (κ1) is 25.7. The molecule has 2 aromatic carbocycles. The quantitative estimate of drug-likeness (QED) is 0.398. The van der Waals surface area contributed by atoms with Crippen LogP contribution in [0.1, 0.15) is 43.3 Å². The number of halogens is 1. The second-order valence-electron chi connectivity index (χ2n) is 9.71. The van der Waals surface area contributed by atoms with Crippen molar-refractivity contribution in [3.05, 3.63) is 86.3 Å². The molecule has 3 heterocycles. The molecule has 0 bridgehead atoms. The molecule has 2 unspecified atom stereocenters. The van der Waals surface area contributed by atoms with Gasteiger partial charge in [0.15, 0.2) is 0 Å². The Labute approximate surface area is 226 Å². The molecule has 10 nitrogen and oxygen atoms in total. The van der Waals surface area contributed by atoms with Crippen LogP contribution in [-0.2, 0) is 6.54 Å². The van der Waals surface area contributed by atoms with Crippen molar-refractivity contribution in [2.75, 3.05) is 20.8 Å². The number of hydrogen-bond donors (Lipinski definition) is 2. The second-order valence-corrected chi connectivity index (χ2v) is 9.71. The first-order chi connectivity index (χ1) is 18.0. The summed E-state index contributed by atoms with van der Waals surface area (Å²) in [5.41, 5.74) is 9.55. The summed E-state index contributed by atoms with van der Waals surface area (Å²) in [6.07, 6.45) is 3.75. The molecule has 0 radical (unpaired) electrons. The van der Waals surface area contributed by atoms with Crippen LogP contribution in [-0.4, -0.2) is 45.2 Å². The highest BCUT2D eigenvalue weighted by Crippen LogP contribution is 2.41. The van der Waals surface area contributed by atoms with Gasteiger partial charge in [-0.05, 0) is 49.1 Å². The van der Waals surface area contributed by atoms with Gasteiger partial charge >= 0.3 is 17.3 Å². The molecule has 200 valence electrons. The van der Waals surface area contributed by atoms with Crippen molar-refractivity contribution in [1.82, 2.24) is 19.2 Å². The van der Waals surface area contributed by atoms with E-state index in [0.717, 1.165) is 36.9 Å². The molecular weight excluding hydrogens is 508 g/mol. The van der Waals surface area contributed by atoms with Gasteiger partial charge in [-0.25, -0.2) is 28.8 Å². The third-order valence-corrected chi connectivity index (χ3v) is 7.72. The predicted octanol–water partition coefficient (Wildman–Crippen LogP) is -1.12. The zero-order valence-corrected chi connectivity index (χ0v) is 22.1. The molecule has 1 aromatic heterocycles. The standard InChI is InChI=1S/C27H30N6O4.ClH/c1-36-19-13-12-17(23(14-19)37-2)15-30-16-22-24(29-25(30)28)20-10-6-7-11-21(20)32-26(34)31(27(35)33(22)32)18-8-4-3-5-9-18;/h3-5,8-9,12-14,21-22H,6-7,10-11,15-16H2,1-2H3,(H2,28,29);1H. The number of para-hydroxylation sites is 1. The highest BCUT2D eigenvalue weighted by Gasteiger charge is 2.44. The second kappa shape index (κ2) is 10.1. The number of fused-ring (bicyclic) bond motifs is 5. The molecule has 3 aromatic rings. The summed E-state index contributed by atoms with van der Waals surface area (Å²) in [6.45, 7) is 0.907. The topological polar surface area (TPSA) is 108 Å². The first-order valence-electron chi connectivity index (χ1n) is 12.6. The molecule has 2 atom stereocenters. The third-order valence-electron chi connectivity index (χ3n) is 7.72. The summed E-state index contributed by atoms with van der Waals surface area (Å²) in [5.74, 6) is 1.92. The summed E-state index contributed by atoms with van der Waals surface area (Å²) in [5, 5.41) is 3.43. The summed E-state index contributed by atoms with van der Waals surface area (Å²) >= 11 is 0. The van der Waals surface area contributed by atoms with Crippen LogP contribution in [0.15, 0.2) is 69.4 Å². The van der Waals surface area contributed by atoms with Gasteiger partial charge in [0, 0.05) is 11.6 Å². The zero-order valence-electron chi connectivity index (χ0n) is 21.4. The molecule has 6 rings (SSSR count). The number of ether oxygens (including phenoxy) is 2. The van der Waals surface area contributed by atoms with E-state index >= 15 is 0 Å². The summed E-state index contributed by atoms with van der Waals surface area (Å²) < 4.78 is 17.5. The Hall–Kier alpha value is -3.92. The van der Waals surface area contributed by atoms with Crippen molar-refractivity contribution < 1.29 is 26.5 Å². The maximum atomic E-state index is 13.8. The van der Waals surface area contributed by atoms with Crippen LogP contribution >= 0.6 is 0 Å². The lowest BCUT2D eigenvalue weighted by Gasteiger charge is -2.39. The highest BCUT2D eigenvalue weighted by molar-refractivity contribution is 5.76. The van der Waals surface area contributed by atoms with E-state index in [4.69, 9.17) is 15.2 Å². The number of hydrogen-bond acceptors (Lipinski definition) is 6. The van der Waals surface area contributed by atoms with Gasteiger partial charge in [0.2, 0.25) is 0 Å². The number of nitrogens with two attached hydrogens (primary N) is 1. The van der Waals surface area contributed by atoms with Gasteiger partial charge in [0.25, 0.3) is 0 Å². The highest BCUT2D eigenvalue weighted by atomic mass is 35.5. The van der Waals surface area contributed by atoms with Crippen LogP contribution < -0.4 is 44.3 Å². The molecular formula is C27H31ClN6O4. The number of benzene rings is 2. The molecule has 2 aliphatic heterocycles. The van der Waals surface area contributed by atoms with Gasteiger partial charge in [-0.15, -0.1) is 0 Å². The number of aromatic nitrogens is 3. The van der Waals surface area contributed by atoms with Crippen LogP contribution in [0.2, 0.25) is 0 Å². The van der Waals surface area contributed by atoms with Crippen LogP contribution in [0, 0.1) is 0 Å². The monoisotopic (exact) mass is 538 g/mol. The molecule has 0 saturated heterocycles. The van der Waals surface area contributed by atoms with E-state index in [0.29, 0.717) is 36.2 Å². The van der Waals surface area contributed by atoms with E-state index in [2.05, 4.69) is 5.32 Å². The lowest BCUT2D eigenvalue weighted by atomic mass is 9.85. The molecule has 38 heavy (non-hydrogen) atoms. The number of nitrogens with zero attached hydrogens (tertiary/aromatic N) is 4. The van der Waals surface area contributed by atoms with Gasteiger partial charge in [-0.2, -0.15) is 0 Å². The van der Waals surface area contributed by atoms with Crippen molar-refractivity contribution in [2.45, 2.75) is 44.3 Å². The summed E-state index contributed by atoms with van der Waals surface area (Å²) in [6, 6.07) is 14.3. The van der Waals surface area contributed by atoms with E-state index in [1.807, 2.05) is 41.0 Å². The SMILES string of the molecule is COc1ccc(C[N+]2=C(N)NC3=C4CCCCC4n4c(=O)n(-c5ccccc5)c(=O)n4C3C2)c(OC)c1.[Cl-]. The molecule has 0 amide bonds. The predicted molar refractivity (Wildman–Crippen MR) is 139 cm³/mol. The first-order valence-corrected chi connectivity index (χ1v) is 12.6. The third kappa shape index (κ3) is 3.99. The molecule has 1 aliphatic carbocycles. The van der Waals surface area contributed by atoms with Gasteiger partial charge in [0.05, 0.1) is 39.0 Å². The molecule has 3 N–H and O–H groups in total. The van der Waals surface area contributed by atoms with Crippen LogP contribution in [0.4, 0.5) is 0 Å². The van der Waals surface area contributed by atoms with E-state index in [-0.39, 0.29) is 35.9 Å². The number of rotatable bonds is 5. The minimum Gasteiger partial charge on any atom is -1.00 e.